The third-order valence-corrected chi connectivity index (χ3v) is 7.98. The van der Waals surface area contributed by atoms with Gasteiger partial charge in [-0.3, -0.25) is 0 Å². The molecule has 0 aliphatic carbocycles. The maximum Gasteiger partial charge on any atom is 0.112 e. The van der Waals surface area contributed by atoms with Gasteiger partial charge in [-0.15, -0.1) is 0 Å². The van der Waals surface area contributed by atoms with Gasteiger partial charge in [0.05, 0.1) is 13.0 Å². The Kier molecular flexibility index (Phi) is 16.8. The lowest BCUT2D eigenvalue weighted by molar-refractivity contribution is 0.127. The van der Waals surface area contributed by atoms with E-state index < -0.39 is 7.14 Å². The lowest BCUT2D eigenvalue weighted by Gasteiger charge is -2.21. The smallest absolute Gasteiger partial charge is 0.112 e. The largest absolute Gasteiger partial charge is 0.373 e. The van der Waals surface area contributed by atoms with Crippen molar-refractivity contribution in [1.29, 1.82) is 0 Å². The van der Waals surface area contributed by atoms with Crippen molar-refractivity contribution in [2.75, 3.05) is 25.3 Å². The van der Waals surface area contributed by atoms with E-state index in [2.05, 4.69) is 27.7 Å². The van der Waals surface area contributed by atoms with Crippen LogP contribution < -0.4 is 0 Å². The summed E-state index contributed by atoms with van der Waals surface area (Å²) in [6, 6.07) is 0. The van der Waals surface area contributed by atoms with Crippen LogP contribution in [0.5, 0.6) is 0 Å². The molecule has 0 radical (unpaired) electrons. The number of unbranched alkanes of at least 4 members (excludes halogenated alkanes) is 7. The molecule has 146 valence electrons. The Morgan fingerprint density at radius 2 is 1.29 bits per heavy atom. The molecule has 0 N–H and O–H groups in total. The van der Waals surface area contributed by atoms with Gasteiger partial charge in [0.2, 0.25) is 0 Å². The van der Waals surface area contributed by atoms with Crippen LogP contribution in [-0.2, 0) is 9.30 Å². The highest BCUT2D eigenvalue weighted by Gasteiger charge is 2.22. The molecule has 1 atom stereocenters. The molecule has 0 saturated carbocycles. The molecule has 0 amide bonds. The summed E-state index contributed by atoms with van der Waals surface area (Å²) in [6.07, 6.45) is 17.0. The number of hydrogen-bond donors (Lipinski definition) is 0. The van der Waals surface area contributed by atoms with E-state index in [-0.39, 0.29) is 0 Å². The van der Waals surface area contributed by atoms with Crippen molar-refractivity contribution in [3.63, 3.8) is 0 Å². The van der Waals surface area contributed by atoms with Crippen LogP contribution in [0.15, 0.2) is 0 Å². The molecule has 0 rings (SSSR count). The molecule has 0 saturated heterocycles. The zero-order valence-electron chi connectivity index (χ0n) is 17.2. The second-order valence-electron chi connectivity index (χ2n) is 7.54. The minimum absolute atomic E-state index is 0.536. The molecule has 24 heavy (non-hydrogen) atoms. The topological polar surface area (TPSA) is 26.3 Å². The third-order valence-electron chi connectivity index (χ3n) is 5.06. The standard InChI is InChI=1S/C21H45O2P/c1-5-9-12-14-17-24(22,18-15-13-10-6-2)20-23-19-21(8-4)16-11-7-3/h21H,5-20H2,1-4H3. The van der Waals surface area contributed by atoms with Gasteiger partial charge in [-0.1, -0.05) is 85.5 Å². The van der Waals surface area contributed by atoms with Gasteiger partial charge >= 0.3 is 0 Å². The molecule has 0 aromatic heterocycles. The van der Waals surface area contributed by atoms with Crippen LogP contribution >= 0.6 is 7.14 Å². The Hall–Kier alpha value is 0.190. The van der Waals surface area contributed by atoms with Crippen molar-refractivity contribution in [3.8, 4) is 0 Å². The first kappa shape index (κ1) is 24.2. The van der Waals surface area contributed by atoms with Crippen LogP contribution in [-0.4, -0.2) is 25.3 Å². The Bertz CT molecular complexity index is 288. The highest BCUT2D eigenvalue weighted by atomic mass is 31.2. The first-order valence-corrected chi connectivity index (χ1v) is 13.0. The van der Waals surface area contributed by atoms with Gasteiger partial charge < -0.3 is 9.30 Å². The first-order chi connectivity index (χ1) is 11.6. The second-order valence-corrected chi connectivity index (χ2v) is 10.8. The van der Waals surface area contributed by atoms with Crippen molar-refractivity contribution in [2.45, 2.75) is 105 Å². The Morgan fingerprint density at radius 3 is 1.75 bits per heavy atom. The molecule has 2 nitrogen and oxygen atoms in total. The molecule has 0 aromatic rings. The molecule has 0 fully saturated rings. The van der Waals surface area contributed by atoms with Gasteiger partial charge in [0, 0.05) is 12.3 Å². The summed E-state index contributed by atoms with van der Waals surface area (Å²) in [7, 11) is -2.11. The predicted molar refractivity (Wildman–Crippen MR) is 110 cm³/mol. The highest BCUT2D eigenvalue weighted by molar-refractivity contribution is 7.63. The summed E-state index contributed by atoms with van der Waals surface area (Å²) in [4.78, 5) is 0. The molecular weight excluding hydrogens is 315 g/mol. The lowest BCUT2D eigenvalue weighted by Crippen LogP contribution is -2.12. The maximum atomic E-state index is 13.3. The van der Waals surface area contributed by atoms with Crippen LogP contribution in [0.4, 0.5) is 0 Å². The summed E-state index contributed by atoms with van der Waals surface area (Å²) < 4.78 is 19.3. The van der Waals surface area contributed by atoms with Crippen LogP contribution in [0.1, 0.15) is 105 Å². The van der Waals surface area contributed by atoms with Gasteiger partial charge in [-0.2, -0.15) is 0 Å². The average molecular weight is 361 g/mol. The van der Waals surface area contributed by atoms with Crippen LogP contribution in [0.25, 0.3) is 0 Å². The molecule has 0 spiro atoms. The van der Waals surface area contributed by atoms with Crippen LogP contribution in [0.3, 0.4) is 0 Å². The molecule has 0 aliphatic rings. The summed E-state index contributed by atoms with van der Waals surface area (Å²) >= 11 is 0. The lowest BCUT2D eigenvalue weighted by atomic mass is 10.0. The van der Waals surface area contributed by atoms with Crippen molar-refractivity contribution < 1.29 is 9.30 Å². The SMILES string of the molecule is CCCCCCP(=O)(CCCCCC)COCC(CC)CCCC. The van der Waals surface area contributed by atoms with Gasteiger partial charge in [0.15, 0.2) is 0 Å². The van der Waals surface area contributed by atoms with Crippen molar-refractivity contribution in [2.24, 2.45) is 5.92 Å². The number of rotatable bonds is 18. The van der Waals surface area contributed by atoms with Gasteiger partial charge in [-0.25, -0.2) is 0 Å². The van der Waals surface area contributed by atoms with E-state index in [9.17, 15) is 4.57 Å². The number of hydrogen-bond acceptors (Lipinski definition) is 2. The van der Waals surface area contributed by atoms with E-state index in [0.29, 0.717) is 12.3 Å². The highest BCUT2D eigenvalue weighted by Crippen LogP contribution is 2.47. The molecule has 0 bridgehead atoms. The van der Waals surface area contributed by atoms with Gasteiger partial charge in [0.1, 0.15) is 7.14 Å². The van der Waals surface area contributed by atoms with E-state index in [1.54, 1.807) is 0 Å². The van der Waals surface area contributed by atoms with E-state index >= 15 is 0 Å². The molecule has 3 heteroatoms. The van der Waals surface area contributed by atoms with E-state index in [1.165, 1.54) is 64.2 Å². The summed E-state index contributed by atoms with van der Waals surface area (Å²) in [5.41, 5.74) is 0. The number of ether oxygens (including phenoxy) is 1. The molecular formula is C21H45O2P. The van der Waals surface area contributed by atoms with Crippen molar-refractivity contribution in [1.82, 2.24) is 0 Å². The van der Waals surface area contributed by atoms with E-state index in [0.717, 1.165) is 31.8 Å². The van der Waals surface area contributed by atoms with Crippen LogP contribution in [0, 0.1) is 5.92 Å². The summed E-state index contributed by atoms with van der Waals surface area (Å²) in [5, 5.41) is 0. The Balaban J connectivity index is 4.26. The van der Waals surface area contributed by atoms with Crippen LogP contribution in [0.2, 0.25) is 0 Å². The third kappa shape index (κ3) is 13.5. The molecule has 0 aromatic carbocycles. The second kappa shape index (κ2) is 16.6. The zero-order valence-corrected chi connectivity index (χ0v) is 18.0. The van der Waals surface area contributed by atoms with E-state index in [4.69, 9.17) is 4.74 Å². The fourth-order valence-corrected chi connectivity index (χ4v) is 5.70. The molecule has 0 heterocycles. The quantitative estimate of drug-likeness (QED) is 0.185. The monoisotopic (exact) mass is 360 g/mol. The Labute approximate surface area is 152 Å². The average Bonchev–Trinajstić information content (AvgIpc) is 2.59. The maximum absolute atomic E-state index is 13.3. The van der Waals surface area contributed by atoms with Crippen molar-refractivity contribution in [3.05, 3.63) is 0 Å². The fourth-order valence-electron chi connectivity index (χ4n) is 3.18. The van der Waals surface area contributed by atoms with Gasteiger partial charge in [0.25, 0.3) is 0 Å². The van der Waals surface area contributed by atoms with Gasteiger partial charge in [-0.05, 0) is 25.2 Å². The van der Waals surface area contributed by atoms with Crippen molar-refractivity contribution >= 4 is 7.14 Å². The Morgan fingerprint density at radius 1 is 0.750 bits per heavy atom. The molecule has 0 aliphatic heterocycles. The molecule has 1 unspecified atom stereocenters. The predicted octanol–water partition coefficient (Wildman–Crippen LogP) is 7.70. The minimum atomic E-state index is -2.11. The minimum Gasteiger partial charge on any atom is -0.373 e. The first-order valence-electron chi connectivity index (χ1n) is 10.8. The normalized spacial score (nSPS) is 13.3. The van der Waals surface area contributed by atoms with E-state index in [1.807, 2.05) is 0 Å². The summed E-state index contributed by atoms with van der Waals surface area (Å²) in [5.74, 6) is 0.651. The zero-order chi connectivity index (χ0) is 18.1. The summed E-state index contributed by atoms with van der Waals surface area (Å²) in [6.45, 7) is 9.76. The fraction of sp³-hybridized carbons (Fsp3) is 1.00.